The Kier molecular flexibility index (Phi) is 5.07. The summed E-state index contributed by atoms with van der Waals surface area (Å²) < 4.78 is 5.27. The lowest BCUT2D eigenvalue weighted by Crippen LogP contribution is -2.37. The van der Waals surface area contributed by atoms with Crippen LogP contribution in [0.2, 0.25) is 0 Å². The largest absolute Gasteiger partial charge is 0.497 e. The number of nitrogens with one attached hydrogen (secondary N) is 2. The maximum atomic E-state index is 12.7. The molecule has 1 aliphatic rings. The summed E-state index contributed by atoms with van der Waals surface area (Å²) in [5.41, 5.74) is 2.50. The Hall–Kier alpha value is -2.86. The third kappa shape index (κ3) is 3.66. The highest BCUT2D eigenvalue weighted by atomic mass is 16.5. The van der Waals surface area contributed by atoms with Crippen molar-refractivity contribution in [3.05, 3.63) is 59.8 Å². The van der Waals surface area contributed by atoms with Crippen molar-refractivity contribution in [1.82, 2.24) is 20.4 Å². The van der Waals surface area contributed by atoms with Gasteiger partial charge in [-0.2, -0.15) is 5.10 Å². The van der Waals surface area contributed by atoms with E-state index in [1.54, 1.807) is 7.11 Å². The fourth-order valence-electron chi connectivity index (χ4n) is 3.75. The number of fused-ring (bicyclic) bond motifs is 1. The van der Waals surface area contributed by atoms with Crippen molar-refractivity contribution in [2.24, 2.45) is 0 Å². The molecule has 1 aromatic heterocycles. The van der Waals surface area contributed by atoms with Crippen molar-refractivity contribution < 1.29 is 9.53 Å². The highest BCUT2D eigenvalue weighted by Gasteiger charge is 2.25. The molecule has 1 fully saturated rings. The van der Waals surface area contributed by atoms with Crippen molar-refractivity contribution in [2.45, 2.75) is 18.9 Å². The van der Waals surface area contributed by atoms with Crippen LogP contribution in [-0.2, 0) is 0 Å². The summed E-state index contributed by atoms with van der Waals surface area (Å²) in [6.45, 7) is 2.65. The molecule has 6 nitrogen and oxygen atoms in total. The third-order valence-electron chi connectivity index (χ3n) is 5.22. The van der Waals surface area contributed by atoms with Crippen LogP contribution in [0.25, 0.3) is 10.9 Å². The number of methoxy groups -OCH3 is 1. The van der Waals surface area contributed by atoms with Crippen molar-refractivity contribution in [3.63, 3.8) is 0 Å². The number of benzene rings is 2. The molecule has 4 rings (SSSR count). The number of hydrogen-bond acceptors (Lipinski definition) is 4. The van der Waals surface area contributed by atoms with Crippen molar-refractivity contribution in [3.8, 4) is 5.75 Å². The number of H-pyrrole nitrogens is 1. The van der Waals surface area contributed by atoms with E-state index in [1.807, 2.05) is 36.4 Å². The number of carbonyl (C=O) groups excluding carboxylic acids is 1. The molecule has 1 amide bonds. The van der Waals surface area contributed by atoms with Gasteiger partial charge in [-0.25, -0.2) is 0 Å². The Bertz CT molecular complexity index is 913. The van der Waals surface area contributed by atoms with Crippen molar-refractivity contribution >= 4 is 16.8 Å². The molecule has 2 heterocycles. The quantitative estimate of drug-likeness (QED) is 0.705. The van der Waals surface area contributed by atoms with Crippen LogP contribution in [0, 0.1) is 0 Å². The van der Waals surface area contributed by atoms with Crippen LogP contribution in [0.1, 0.15) is 34.9 Å². The molecule has 1 aliphatic heterocycles. The molecule has 0 saturated carbocycles. The van der Waals surface area contributed by atoms with Gasteiger partial charge in [0.1, 0.15) is 5.75 Å². The van der Waals surface area contributed by atoms with Crippen LogP contribution in [0.4, 0.5) is 0 Å². The fraction of sp³-hybridized carbons (Fsp3) is 0.333. The molecule has 0 bridgehead atoms. The maximum absolute atomic E-state index is 12.7. The second-order valence-electron chi connectivity index (χ2n) is 6.86. The van der Waals surface area contributed by atoms with Crippen LogP contribution in [0.15, 0.2) is 48.5 Å². The lowest BCUT2D eigenvalue weighted by molar-refractivity contribution is 0.0934. The van der Waals surface area contributed by atoms with Gasteiger partial charge in [-0.15, -0.1) is 0 Å². The van der Waals surface area contributed by atoms with Gasteiger partial charge in [0.15, 0.2) is 5.69 Å². The van der Waals surface area contributed by atoms with E-state index in [9.17, 15) is 4.79 Å². The summed E-state index contributed by atoms with van der Waals surface area (Å²) in [6, 6.07) is 15.9. The van der Waals surface area contributed by atoms with E-state index >= 15 is 0 Å². The van der Waals surface area contributed by atoms with E-state index in [4.69, 9.17) is 4.74 Å². The van der Waals surface area contributed by atoms with Crippen LogP contribution in [0.5, 0.6) is 5.75 Å². The van der Waals surface area contributed by atoms with Gasteiger partial charge in [0, 0.05) is 11.9 Å². The molecular formula is C21H24N4O2. The molecule has 6 heteroatoms. The van der Waals surface area contributed by atoms with Gasteiger partial charge in [-0.1, -0.05) is 30.3 Å². The summed E-state index contributed by atoms with van der Waals surface area (Å²) in [7, 11) is 1.67. The predicted octanol–water partition coefficient (Wildman–Crippen LogP) is 3.14. The lowest BCUT2D eigenvalue weighted by atomic mass is 10.0. The van der Waals surface area contributed by atoms with Gasteiger partial charge in [0.2, 0.25) is 0 Å². The van der Waals surface area contributed by atoms with Crippen LogP contribution in [-0.4, -0.2) is 47.7 Å². The molecule has 27 heavy (non-hydrogen) atoms. The lowest BCUT2D eigenvalue weighted by Gasteiger charge is -2.28. The summed E-state index contributed by atoms with van der Waals surface area (Å²) in [5, 5.41) is 11.1. The minimum absolute atomic E-state index is 0.146. The first-order valence-electron chi connectivity index (χ1n) is 9.35. The Morgan fingerprint density at radius 3 is 2.67 bits per heavy atom. The molecule has 140 valence electrons. The van der Waals surface area contributed by atoms with E-state index in [2.05, 4.69) is 32.5 Å². The number of ether oxygens (including phenoxy) is 1. The number of rotatable bonds is 6. The van der Waals surface area contributed by atoms with Crippen LogP contribution in [0.3, 0.4) is 0 Å². The minimum atomic E-state index is -0.148. The van der Waals surface area contributed by atoms with Crippen molar-refractivity contribution in [2.75, 3.05) is 26.7 Å². The molecule has 1 saturated heterocycles. The number of hydrogen-bond donors (Lipinski definition) is 2. The molecule has 0 radical (unpaired) electrons. The Balaban J connectivity index is 1.51. The molecule has 2 aromatic carbocycles. The third-order valence-corrected chi connectivity index (χ3v) is 5.22. The monoisotopic (exact) mass is 364 g/mol. The minimum Gasteiger partial charge on any atom is -0.497 e. The topological polar surface area (TPSA) is 70.2 Å². The van der Waals surface area contributed by atoms with Gasteiger partial charge < -0.3 is 10.1 Å². The summed E-state index contributed by atoms with van der Waals surface area (Å²) in [4.78, 5) is 15.2. The number of aromatic amines is 1. The smallest absolute Gasteiger partial charge is 0.272 e. The van der Waals surface area contributed by atoms with Crippen molar-refractivity contribution in [1.29, 1.82) is 0 Å². The molecule has 1 atom stereocenters. The van der Waals surface area contributed by atoms with Gasteiger partial charge in [-0.3, -0.25) is 14.8 Å². The Labute approximate surface area is 158 Å². The van der Waals surface area contributed by atoms with Crippen LogP contribution >= 0.6 is 0 Å². The molecule has 3 aromatic rings. The second-order valence-corrected chi connectivity index (χ2v) is 6.86. The normalized spacial score (nSPS) is 15.7. The van der Waals surface area contributed by atoms with Gasteiger partial charge >= 0.3 is 0 Å². The molecular weight excluding hydrogens is 340 g/mol. The highest BCUT2D eigenvalue weighted by Crippen LogP contribution is 2.26. The highest BCUT2D eigenvalue weighted by molar-refractivity contribution is 6.04. The average Bonchev–Trinajstić information content (AvgIpc) is 3.38. The average molecular weight is 364 g/mol. The summed E-state index contributed by atoms with van der Waals surface area (Å²) in [5.74, 6) is 0.691. The first-order chi connectivity index (χ1) is 13.3. The van der Waals surface area contributed by atoms with E-state index in [-0.39, 0.29) is 11.9 Å². The number of aromatic nitrogens is 2. The number of nitrogens with zero attached hydrogens (tertiary/aromatic N) is 2. The molecule has 0 spiro atoms. The van der Waals surface area contributed by atoms with Gasteiger partial charge in [0.05, 0.1) is 18.7 Å². The van der Waals surface area contributed by atoms with Gasteiger partial charge in [0.25, 0.3) is 5.91 Å². The van der Waals surface area contributed by atoms with E-state index in [1.165, 1.54) is 18.4 Å². The van der Waals surface area contributed by atoms with Gasteiger partial charge in [-0.05, 0) is 49.7 Å². The zero-order valence-electron chi connectivity index (χ0n) is 15.4. The summed E-state index contributed by atoms with van der Waals surface area (Å²) in [6.07, 6.45) is 2.40. The molecule has 0 aliphatic carbocycles. The van der Waals surface area contributed by atoms with E-state index in [0.717, 1.165) is 29.7 Å². The number of amides is 1. The zero-order chi connectivity index (χ0) is 18.6. The summed E-state index contributed by atoms with van der Waals surface area (Å²) >= 11 is 0. The number of carbonyl (C=O) groups is 1. The maximum Gasteiger partial charge on any atom is 0.272 e. The van der Waals surface area contributed by atoms with Crippen LogP contribution < -0.4 is 10.1 Å². The van der Waals surface area contributed by atoms with E-state index in [0.29, 0.717) is 12.2 Å². The predicted molar refractivity (Wildman–Crippen MR) is 105 cm³/mol. The molecule has 1 unspecified atom stereocenters. The molecule has 2 N–H and O–H groups in total. The first-order valence-corrected chi connectivity index (χ1v) is 9.35. The number of likely N-dealkylation sites (tertiary alicyclic amines) is 1. The zero-order valence-corrected chi connectivity index (χ0v) is 15.4. The Morgan fingerprint density at radius 1 is 1.19 bits per heavy atom. The SMILES string of the molecule is COc1ccc(C(CNC(=O)c2n[nH]c3ccccc23)N2CCCC2)cc1. The first kappa shape index (κ1) is 17.5. The Morgan fingerprint density at radius 2 is 1.93 bits per heavy atom. The number of para-hydroxylation sites is 1. The second kappa shape index (κ2) is 7.80. The standard InChI is InChI=1S/C21H24N4O2/c1-27-16-10-8-15(9-11-16)19(25-12-4-5-13-25)14-22-21(26)20-17-6-2-3-7-18(17)23-24-20/h2-3,6-11,19H,4-5,12-14H2,1H3,(H,22,26)(H,23,24). The van der Waals surface area contributed by atoms with E-state index < -0.39 is 0 Å². The fourth-order valence-corrected chi connectivity index (χ4v) is 3.75.